The summed E-state index contributed by atoms with van der Waals surface area (Å²) in [5.74, 6) is 0.679. The SMILES string of the molecule is Cc1cc(Nc2ncnc3cc4c(nc23)N2CCN(C(=O)/C=C/CN(C)C)[C@H](CO4)C2)c(F)cc1Oc1cncc(F)c1. The van der Waals surface area contributed by atoms with Crippen molar-refractivity contribution in [2.75, 3.05) is 57.1 Å². The smallest absolute Gasteiger partial charge is 0.246 e. The lowest BCUT2D eigenvalue weighted by Gasteiger charge is -2.39. The second-order valence-electron chi connectivity index (χ2n) is 10.7. The van der Waals surface area contributed by atoms with Crippen LogP contribution in [0.1, 0.15) is 5.56 Å². The van der Waals surface area contributed by atoms with Crippen molar-refractivity contribution < 1.29 is 23.0 Å². The highest BCUT2D eigenvalue weighted by Crippen LogP contribution is 2.37. The Balaban J connectivity index is 1.24. The number of hydrogen-bond donors (Lipinski definition) is 1. The minimum Gasteiger partial charge on any atom is -0.487 e. The fourth-order valence-electron chi connectivity index (χ4n) is 5.08. The fourth-order valence-corrected chi connectivity index (χ4v) is 5.08. The van der Waals surface area contributed by atoms with Gasteiger partial charge >= 0.3 is 0 Å². The maximum atomic E-state index is 15.2. The van der Waals surface area contributed by atoms with Gasteiger partial charge in [-0.25, -0.2) is 23.7 Å². The number of fused-ring (bicyclic) bond motifs is 5. The van der Waals surface area contributed by atoms with Crippen LogP contribution in [0.4, 0.5) is 26.1 Å². The van der Waals surface area contributed by atoms with Gasteiger partial charge in [0.15, 0.2) is 17.4 Å². The average molecular weight is 589 g/mol. The van der Waals surface area contributed by atoms with E-state index in [2.05, 4.69) is 25.2 Å². The van der Waals surface area contributed by atoms with E-state index < -0.39 is 11.6 Å². The van der Waals surface area contributed by atoms with E-state index in [1.54, 1.807) is 25.1 Å². The van der Waals surface area contributed by atoms with Gasteiger partial charge in [0.05, 0.1) is 29.6 Å². The summed E-state index contributed by atoms with van der Waals surface area (Å²) in [5, 5.41) is 3.04. The summed E-state index contributed by atoms with van der Waals surface area (Å²) in [6.45, 7) is 4.42. The number of carbonyl (C=O) groups excluding carboxylic acids is 1. The first-order valence-electron chi connectivity index (χ1n) is 13.8. The van der Waals surface area contributed by atoms with E-state index in [-0.39, 0.29) is 29.1 Å². The van der Waals surface area contributed by atoms with Crippen molar-refractivity contribution in [3.05, 3.63) is 72.3 Å². The van der Waals surface area contributed by atoms with Gasteiger partial charge in [-0.3, -0.25) is 9.78 Å². The molecule has 0 aliphatic carbocycles. The maximum absolute atomic E-state index is 15.2. The number of rotatable bonds is 7. The molecule has 1 fully saturated rings. The number of nitrogens with zero attached hydrogens (tertiary/aromatic N) is 7. The Kier molecular flexibility index (Phi) is 7.72. The van der Waals surface area contributed by atoms with E-state index in [4.69, 9.17) is 14.5 Å². The van der Waals surface area contributed by atoms with E-state index >= 15 is 4.39 Å². The molecule has 2 aliphatic rings. The minimum atomic E-state index is -0.599. The molecule has 1 saturated heterocycles. The Morgan fingerprint density at radius 3 is 2.86 bits per heavy atom. The van der Waals surface area contributed by atoms with Gasteiger partial charge in [-0.1, -0.05) is 6.08 Å². The molecule has 3 aromatic heterocycles. The quantitative estimate of drug-likeness (QED) is 0.318. The molecule has 4 aromatic rings. The van der Waals surface area contributed by atoms with Gasteiger partial charge in [0.2, 0.25) is 5.91 Å². The highest BCUT2D eigenvalue weighted by atomic mass is 19.1. The first-order chi connectivity index (χ1) is 20.7. The number of nitrogens with one attached hydrogen (secondary N) is 1. The lowest BCUT2D eigenvalue weighted by atomic mass is 10.1. The number of hydrogen-bond acceptors (Lipinski definition) is 10. The van der Waals surface area contributed by atoms with Crippen LogP contribution in [0.15, 0.2) is 55.1 Å². The molecule has 1 N–H and O–H groups in total. The first kappa shape index (κ1) is 28.2. The predicted octanol–water partition coefficient (Wildman–Crippen LogP) is 4.07. The zero-order valence-electron chi connectivity index (χ0n) is 23.9. The molecule has 11 nitrogen and oxygen atoms in total. The molecule has 1 atom stereocenters. The van der Waals surface area contributed by atoms with Gasteiger partial charge < -0.3 is 29.5 Å². The lowest BCUT2D eigenvalue weighted by molar-refractivity contribution is -0.129. The fraction of sp³-hybridized carbons (Fsp3) is 0.300. The summed E-state index contributed by atoms with van der Waals surface area (Å²) >= 11 is 0. The zero-order chi connectivity index (χ0) is 30.1. The van der Waals surface area contributed by atoms with E-state index in [1.165, 1.54) is 24.7 Å². The van der Waals surface area contributed by atoms with Crippen molar-refractivity contribution in [3.8, 4) is 17.2 Å². The van der Waals surface area contributed by atoms with Gasteiger partial charge in [-0.15, -0.1) is 0 Å². The number of halogens is 2. The number of amides is 1. The van der Waals surface area contributed by atoms with E-state index in [0.717, 1.165) is 6.20 Å². The van der Waals surface area contributed by atoms with Crippen LogP contribution in [-0.2, 0) is 4.79 Å². The van der Waals surface area contributed by atoms with Crippen molar-refractivity contribution in [1.29, 1.82) is 0 Å². The van der Waals surface area contributed by atoms with Crippen LogP contribution in [0.5, 0.6) is 17.2 Å². The van der Waals surface area contributed by atoms with Crippen molar-refractivity contribution in [1.82, 2.24) is 29.7 Å². The van der Waals surface area contributed by atoms with Gasteiger partial charge in [0.1, 0.15) is 41.6 Å². The average Bonchev–Trinajstić information content (AvgIpc) is 3.10. The number of pyridine rings is 2. The molecule has 43 heavy (non-hydrogen) atoms. The third-order valence-electron chi connectivity index (χ3n) is 7.21. The van der Waals surface area contributed by atoms with E-state index in [1.807, 2.05) is 30.0 Å². The number of likely N-dealkylation sites (N-methyl/N-ethyl adjacent to an activating group) is 1. The van der Waals surface area contributed by atoms with Crippen LogP contribution < -0.4 is 19.7 Å². The molecule has 2 aliphatic heterocycles. The minimum absolute atomic E-state index is 0.0436. The van der Waals surface area contributed by atoms with Crippen LogP contribution >= 0.6 is 0 Å². The maximum Gasteiger partial charge on any atom is 0.246 e. The van der Waals surface area contributed by atoms with Gasteiger partial charge in [0.25, 0.3) is 0 Å². The molecule has 222 valence electrons. The Hall–Kier alpha value is -4.91. The van der Waals surface area contributed by atoms with Crippen molar-refractivity contribution >= 4 is 34.3 Å². The summed E-state index contributed by atoms with van der Waals surface area (Å²) < 4.78 is 40.6. The van der Waals surface area contributed by atoms with Gasteiger partial charge in [-0.2, -0.15) is 0 Å². The normalized spacial score (nSPS) is 16.3. The first-order valence-corrected chi connectivity index (χ1v) is 13.8. The second-order valence-corrected chi connectivity index (χ2v) is 10.7. The van der Waals surface area contributed by atoms with Crippen molar-refractivity contribution in [2.45, 2.75) is 13.0 Å². The summed E-state index contributed by atoms with van der Waals surface area (Å²) in [4.78, 5) is 36.2. The topological polar surface area (TPSA) is 109 Å². The van der Waals surface area contributed by atoms with Crippen molar-refractivity contribution in [2.24, 2.45) is 0 Å². The van der Waals surface area contributed by atoms with Gasteiger partial charge in [0, 0.05) is 50.5 Å². The number of aryl methyl sites for hydroxylation is 1. The van der Waals surface area contributed by atoms with Crippen LogP contribution in [0.3, 0.4) is 0 Å². The number of anilines is 3. The summed E-state index contributed by atoms with van der Waals surface area (Å²) in [6, 6.07) is 5.61. The third-order valence-corrected chi connectivity index (χ3v) is 7.21. The molecule has 1 aromatic carbocycles. The number of benzene rings is 1. The molecule has 2 bridgehead atoms. The molecule has 0 spiro atoms. The molecule has 0 unspecified atom stereocenters. The standard InChI is InChI=1S/C30H30F2N8O3/c1-18-9-23(22(32)11-25(18)43-21-10-19(31)13-33-14-21)36-29-28-24(34-17-35-29)12-26-30(37-28)39-7-8-40(20(15-39)16-42-26)27(41)5-4-6-38(2)3/h4-5,9-14,17,20H,6-8,15-16H2,1-3H3,(H,34,35,36)/b5-4+/t20-/m0/s1. The Morgan fingerprint density at radius 2 is 2.05 bits per heavy atom. The number of aromatic nitrogens is 4. The van der Waals surface area contributed by atoms with Crippen molar-refractivity contribution in [3.63, 3.8) is 0 Å². The van der Waals surface area contributed by atoms with Crippen LogP contribution in [0.25, 0.3) is 11.0 Å². The lowest BCUT2D eigenvalue weighted by Crippen LogP contribution is -2.56. The highest BCUT2D eigenvalue weighted by molar-refractivity contribution is 5.91. The second kappa shape index (κ2) is 11.8. The Bertz CT molecular complexity index is 1720. The van der Waals surface area contributed by atoms with E-state index in [0.29, 0.717) is 66.8 Å². The monoisotopic (exact) mass is 588 g/mol. The largest absolute Gasteiger partial charge is 0.487 e. The summed E-state index contributed by atoms with van der Waals surface area (Å²) in [5.41, 5.74) is 1.72. The molecule has 0 radical (unpaired) electrons. The zero-order valence-corrected chi connectivity index (χ0v) is 23.9. The molecule has 13 heteroatoms. The van der Waals surface area contributed by atoms with E-state index in [9.17, 15) is 9.18 Å². The third kappa shape index (κ3) is 6.02. The summed E-state index contributed by atoms with van der Waals surface area (Å²) in [7, 11) is 3.90. The Morgan fingerprint density at radius 1 is 1.19 bits per heavy atom. The molecule has 0 saturated carbocycles. The molecule has 6 rings (SSSR count). The summed E-state index contributed by atoms with van der Waals surface area (Å²) in [6.07, 6.45) is 7.25. The predicted molar refractivity (Wildman–Crippen MR) is 157 cm³/mol. The number of piperazine rings is 1. The van der Waals surface area contributed by atoms with Gasteiger partial charge in [-0.05, 0) is 32.6 Å². The molecular formula is C30H30F2N8O3. The highest BCUT2D eigenvalue weighted by Gasteiger charge is 2.35. The molecular weight excluding hydrogens is 558 g/mol. The Labute approximate surface area is 246 Å². The number of ether oxygens (including phenoxy) is 2. The van der Waals surface area contributed by atoms with Crippen LogP contribution in [0.2, 0.25) is 0 Å². The number of carbonyl (C=O) groups is 1. The molecule has 1 amide bonds. The van der Waals surface area contributed by atoms with Crippen LogP contribution in [-0.4, -0.2) is 88.6 Å². The van der Waals surface area contributed by atoms with Crippen LogP contribution in [0, 0.1) is 18.6 Å². The molecule has 5 heterocycles.